The first-order valence-corrected chi connectivity index (χ1v) is 11.4. The summed E-state index contributed by atoms with van der Waals surface area (Å²) in [7, 11) is 0. The molecule has 0 radical (unpaired) electrons. The Labute approximate surface area is 173 Å². The second kappa shape index (κ2) is 8.38. The van der Waals surface area contributed by atoms with Crippen LogP contribution in [0, 0.1) is 0 Å². The summed E-state index contributed by atoms with van der Waals surface area (Å²) >= 11 is 6.31. The number of fused-ring (bicyclic) bond motifs is 1. The van der Waals surface area contributed by atoms with Crippen molar-refractivity contribution in [1.82, 2.24) is 14.5 Å². The SMILES string of the molecule is O=C(CSc1nc2c(c(=O)n1-c1ccc(Br)cc1)SCC2)N1CCOCC1. The van der Waals surface area contributed by atoms with Gasteiger partial charge in [-0.25, -0.2) is 4.98 Å². The van der Waals surface area contributed by atoms with E-state index in [0.29, 0.717) is 31.5 Å². The third-order valence-electron chi connectivity index (χ3n) is 4.44. The number of hydrogen-bond donors (Lipinski definition) is 0. The van der Waals surface area contributed by atoms with Crippen LogP contribution in [-0.4, -0.2) is 58.2 Å². The van der Waals surface area contributed by atoms with Crippen LogP contribution in [0.5, 0.6) is 0 Å². The van der Waals surface area contributed by atoms with Crippen molar-refractivity contribution in [2.24, 2.45) is 0 Å². The van der Waals surface area contributed by atoms with E-state index in [4.69, 9.17) is 9.72 Å². The van der Waals surface area contributed by atoms with Gasteiger partial charge >= 0.3 is 0 Å². The molecule has 1 aromatic carbocycles. The van der Waals surface area contributed by atoms with E-state index in [9.17, 15) is 9.59 Å². The molecule has 1 saturated heterocycles. The number of carbonyl (C=O) groups excluding carboxylic acids is 1. The summed E-state index contributed by atoms with van der Waals surface area (Å²) in [5.74, 6) is 1.18. The number of rotatable bonds is 4. The molecule has 1 amide bonds. The van der Waals surface area contributed by atoms with Gasteiger partial charge in [0.05, 0.1) is 35.2 Å². The molecule has 0 bridgehead atoms. The predicted molar refractivity (Wildman–Crippen MR) is 110 cm³/mol. The molecule has 2 aliphatic heterocycles. The quantitative estimate of drug-likeness (QED) is 0.508. The summed E-state index contributed by atoms with van der Waals surface area (Å²) in [6.07, 6.45) is 0.793. The predicted octanol–water partition coefficient (Wildman–Crippen LogP) is 2.59. The molecule has 0 aliphatic carbocycles. The number of hydrogen-bond acceptors (Lipinski definition) is 6. The lowest BCUT2D eigenvalue weighted by atomic mass is 10.3. The van der Waals surface area contributed by atoms with E-state index in [1.165, 1.54) is 11.8 Å². The second-order valence-corrected chi connectivity index (χ2v) is 9.13. The molecule has 4 rings (SSSR count). The van der Waals surface area contributed by atoms with Crippen molar-refractivity contribution in [3.05, 3.63) is 44.8 Å². The van der Waals surface area contributed by atoms with E-state index in [1.807, 2.05) is 29.2 Å². The van der Waals surface area contributed by atoms with Crippen LogP contribution in [0.15, 0.2) is 43.6 Å². The average molecular weight is 468 g/mol. The summed E-state index contributed by atoms with van der Waals surface area (Å²) in [5, 5.41) is 0.574. The van der Waals surface area contributed by atoms with Crippen molar-refractivity contribution < 1.29 is 9.53 Å². The molecule has 0 atom stereocenters. The molecule has 6 nitrogen and oxygen atoms in total. The first-order valence-electron chi connectivity index (χ1n) is 8.66. The zero-order valence-corrected chi connectivity index (χ0v) is 17.7. The molecular weight excluding hydrogens is 450 g/mol. The first kappa shape index (κ1) is 19.0. The van der Waals surface area contributed by atoms with Gasteiger partial charge < -0.3 is 9.64 Å². The second-order valence-electron chi connectivity index (χ2n) is 6.17. The van der Waals surface area contributed by atoms with Crippen LogP contribution in [0.3, 0.4) is 0 Å². The largest absolute Gasteiger partial charge is 0.378 e. The number of aryl methyl sites for hydroxylation is 1. The van der Waals surface area contributed by atoms with Crippen molar-refractivity contribution in [3.63, 3.8) is 0 Å². The number of halogens is 1. The van der Waals surface area contributed by atoms with Gasteiger partial charge in [-0.3, -0.25) is 14.2 Å². The summed E-state index contributed by atoms with van der Waals surface area (Å²) in [6.45, 7) is 2.39. The van der Waals surface area contributed by atoms with Crippen LogP contribution < -0.4 is 5.56 Å². The zero-order valence-electron chi connectivity index (χ0n) is 14.5. The smallest absolute Gasteiger partial charge is 0.272 e. The molecule has 2 aliphatic rings. The van der Waals surface area contributed by atoms with Crippen molar-refractivity contribution in [2.45, 2.75) is 16.5 Å². The Balaban J connectivity index is 1.64. The Bertz CT molecular complexity index is 911. The molecule has 142 valence electrons. The molecule has 9 heteroatoms. The van der Waals surface area contributed by atoms with Crippen LogP contribution in [-0.2, 0) is 16.0 Å². The van der Waals surface area contributed by atoms with Gasteiger partial charge in [0.1, 0.15) is 0 Å². The Morgan fingerprint density at radius 1 is 1.26 bits per heavy atom. The maximum Gasteiger partial charge on any atom is 0.272 e. The minimum atomic E-state index is -0.0499. The molecule has 27 heavy (non-hydrogen) atoms. The fourth-order valence-electron chi connectivity index (χ4n) is 3.04. The molecule has 0 spiro atoms. The van der Waals surface area contributed by atoms with Gasteiger partial charge in [0, 0.05) is 29.7 Å². The minimum Gasteiger partial charge on any atom is -0.378 e. The summed E-state index contributed by atoms with van der Waals surface area (Å²) in [6, 6.07) is 7.56. The van der Waals surface area contributed by atoms with Gasteiger partial charge in [0.2, 0.25) is 5.91 Å². The van der Waals surface area contributed by atoms with E-state index in [0.717, 1.165) is 32.9 Å². The molecule has 3 heterocycles. The lowest BCUT2D eigenvalue weighted by Gasteiger charge is -2.26. The van der Waals surface area contributed by atoms with Gasteiger partial charge in [-0.05, 0) is 24.3 Å². The van der Waals surface area contributed by atoms with E-state index in [-0.39, 0.29) is 17.2 Å². The van der Waals surface area contributed by atoms with Crippen LogP contribution >= 0.6 is 39.5 Å². The summed E-state index contributed by atoms with van der Waals surface area (Å²) in [5.41, 5.74) is 1.55. The lowest BCUT2D eigenvalue weighted by Crippen LogP contribution is -2.41. The molecule has 0 N–H and O–H groups in total. The number of aromatic nitrogens is 2. The topological polar surface area (TPSA) is 64.4 Å². The highest BCUT2D eigenvalue weighted by molar-refractivity contribution is 9.10. The maximum atomic E-state index is 13.1. The van der Waals surface area contributed by atoms with Crippen molar-refractivity contribution in [2.75, 3.05) is 37.8 Å². The molecule has 1 fully saturated rings. The maximum absolute atomic E-state index is 13.1. The van der Waals surface area contributed by atoms with E-state index >= 15 is 0 Å². The fraction of sp³-hybridized carbons (Fsp3) is 0.389. The van der Waals surface area contributed by atoms with Crippen LogP contribution in [0.4, 0.5) is 0 Å². The summed E-state index contributed by atoms with van der Waals surface area (Å²) < 4.78 is 7.87. The van der Waals surface area contributed by atoms with E-state index in [2.05, 4.69) is 15.9 Å². The van der Waals surface area contributed by atoms with Crippen LogP contribution in [0.1, 0.15) is 5.69 Å². The molecule has 0 unspecified atom stereocenters. The Kier molecular flexibility index (Phi) is 5.91. The Hall–Kier alpha value is -1.29. The number of ether oxygens (including phenoxy) is 1. The van der Waals surface area contributed by atoms with E-state index in [1.54, 1.807) is 16.3 Å². The Morgan fingerprint density at radius 2 is 2.00 bits per heavy atom. The number of carbonyl (C=O) groups is 1. The minimum absolute atomic E-state index is 0.0499. The monoisotopic (exact) mass is 467 g/mol. The highest BCUT2D eigenvalue weighted by Gasteiger charge is 2.24. The molecule has 0 saturated carbocycles. The zero-order chi connectivity index (χ0) is 18.8. The van der Waals surface area contributed by atoms with Crippen molar-refractivity contribution in [3.8, 4) is 5.69 Å². The number of benzene rings is 1. The lowest BCUT2D eigenvalue weighted by molar-refractivity contribution is -0.132. The van der Waals surface area contributed by atoms with Gasteiger partial charge in [-0.15, -0.1) is 11.8 Å². The van der Waals surface area contributed by atoms with Crippen molar-refractivity contribution in [1.29, 1.82) is 0 Å². The molecular formula is C18H18BrN3O3S2. The average Bonchev–Trinajstić information content (AvgIpc) is 3.17. The summed E-state index contributed by atoms with van der Waals surface area (Å²) in [4.78, 5) is 32.8. The van der Waals surface area contributed by atoms with Crippen LogP contribution in [0.25, 0.3) is 5.69 Å². The Morgan fingerprint density at radius 3 is 2.74 bits per heavy atom. The molecule has 1 aromatic heterocycles. The van der Waals surface area contributed by atoms with Gasteiger partial charge in [0.15, 0.2) is 5.16 Å². The third-order valence-corrected chi connectivity index (χ3v) is 7.00. The normalized spacial score (nSPS) is 16.4. The van der Waals surface area contributed by atoms with Gasteiger partial charge in [-0.2, -0.15) is 0 Å². The van der Waals surface area contributed by atoms with Gasteiger partial charge in [0.25, 0.3) is 5.56 Å². The molecule has 2 aromatic rings. The standard InChI is InChI=1S/C18H18BrN3O3S2/c19-12-1-3-13(4-2-12)22-17(24)16-14(5-10-26-16)20-18(22)27-11-15(23)21-6-8-25-9-7-21/h1-4H,5-11H2. The van der Waals surface area contributed by atoms with Crippen molar-refractivity contribution >= 4 is 45.4 Å². The third kappa shape index (κ3) is 4.11. The number of nitrogens with zero attached hydrogens (tertiary/aromatic N) is 3. The highest BCUT2D eigenvalue weighted by Crippen LogP contribution is 2.30. The highest BCUT2D eigenvalue weighted by atomic mass is 79.9. The van der Waals surface area contributed by atoms with Gasteiger partial charge in [-0.1, -0.05) is 27.7 Å². The fourth-order valence-corrected chi connectivity index (χ4v) is 5.26. The van der Waals surface area contributed by atoms with E-state index < -0.39 is 0 Å². The van der Waals surface area contributed by atoms with Crippen LogP contribution in [0.2, 0.25) is 0 Å². The number of amides is 1. The number of thioether (sulfide) groups is 2. The number of morpholine rings is 1. The first-order chi connectivity index (χ1) is 13.1.